The normalized spacial score (nSPS) is 11.2. The number of nitrogens with one attached hydrogen (secondary N) is 1. The molecule has 0 atom stereocenters. The summed E-state index contributed by atoms with van der Waals surface area (Å²) in [5, 5.41) is 7.98. The van der Waals surface area contributed by atoms with Crippen LogP contribution in [0.3, 0.4) is 0 Å². The standard InChI is InChI=1S/C15H29N3O/c1-5-7-11-19-12-10-18-14(4)15(13(3)17-18)8-9-16-6-2/h16H,5-12H2,1-4H3. The van der Waals surface area contributed by atoms with Crippen molar-refractivity contribution in [1.29, 1.82) is 0 Å². The number of aromatic nitrogens is 2. The van der Waals surface area contributed by atoms with Crippen molar-refractivity contribution in [2.75, 3.05) is 26.3 Å². The van der Waals surface area contributed by atoms with Crippen LogP contribution in [0.5, 0.6) is 0 Å². The molecule has 0 unspecified atom stereocenters. The molecule has 1 rings (SSSR count). The molecule has 0 saturated carbocycles. The average molecular weight is 267 g/mol. The Morgan fingerprint density at radius 3 is 2.68 bits per heavy atom. The van der Waals surface area contributed by atoms with Gasteiger partial charge in [-0.2, -0.15) is 5.10 Å². The third-order valence-electron chi connectivity index (χ3n) is 3.42. The Hall–Kier alpha value is -0.870. The summed E-state index contributed by atoms with van der Waals surface area (Å²) in [7, 11) is 0. The molecule has 19 heavy (non-hydrogen) atoms. The van der Waals surface area contributed by atoms with Crippen molar-refractivity contribution in [3.05, 3.63) is 17.0 Å². The number of rotatable bonds is 10. The molecule has 4 heteroatoms. The van der Waals surface area contributed by atoms with E-state index in [0.717, 1.165) is 51.4 Å². The van der Waals surface area contributed by atoms with Crippen molar-refractivity contribution in [1.82, 2.24) is 15.1 Å². The van der Waals surface area contributed by atoms with Gasteiger partial charge in [-0.15, -0.1) is 0 Å². The second kappa shape index (κ2) is 9.10. The predicted molar refractivity (Wildman–Crippen MR) is 79.7 cm³/mol. The van der Waals surface area contributed by atoms with E-state index in [1.54, 1.807) is 0 Å². The number of unbranched alkanes of at least 4 members (excludes halogenated alkanes) is 1. The van der Waals surface area contributed by atoms with E-state index < -0.39 is 0 Å². The van der Waals surface area contributed by atoms with Crippen LogP contribution < -0.4 is 5.32 Å². The minimum absolute atomic E-state index is 0.759. The number of hydrogen-bond acceptors (Lipinski definition) is 3. The molecule has 0 saturated heterocycles. The van der Waals surface area contributed by atoms with Gasteiger partial charge in [0.1, 0.15) is 0 Å². The topological polar surface area (TPSA) is 39.1 Å². The van der Waals surface area contributed by atoms with Gasteiger partial charge in [0, 0.05) is 12.3 Å². The SMILES string of the molecule is CCCCOCCn1nc(C)c(CCNCC)c1C. The van der Waals surface area contributed by atoms with Crippen LogP contribution in [0.1, 0.15) is 43.6 Å². The van der Waals surface area contributed by atoms with Crippen molar-refractivity contribution >= 4 is 0 Å². The van der Waals surface area contributed by atoms with Crippen LogP contribution in [0.15, 0.2) is 0 Å². The number of aryl methyl sites for hydroxylation is 1. The number of nitrogens with zero attached hydrogens (tertiary/aromatic N) is 2. The summed E-state index contributed by atoms with van der Waals surface area (Å²) < 4.78 is 7.69. The van der Waals surface area contributed by atoms with E-state index in [4.69, 9.17) is 4.74 Å². The molecule has 0 spiro atoms. The first-order valence-electron chi connectivity index (χ1n) is 7.52. The van der Waals surface area contributed by atoms with Gasteiger partial charge in [-0.1, -0.05) is 20.3 Å². The predicted octanol–water partition coefficient (Wildman–Crippen LogP) is 2.47. The number of ether oxygens (including phenoxy) is 1. The van der Waals surface area contributed by atoms with E-state index in [9.17, 15) is 0 Å². The summed E-state index contributed by atoms with van der Waals surface area (Å²) in [6.45, 7) is 13.1. The fraction of sp³-hybridized carbons (Fsp3) is 0.800. The summed E-state index contributed by atoms with van der Waals surface area (Å²) in [4.78, 5) is 0. The Morgan fingerprint density at radius 1 is 1.21 bits per heavy atom. The third kappa shape index (κ3) is 5.33. The fourth-order valence-corrected chi connectivity index (χ4v) is 2.20. The molecule has 1 aromatic rings. The lowest BCUT2D eigenvalue weighted by Crippen LogP contribution is -2.16. The Morgan fingerprint density at radius 2 is 2.00 bits per heavy atom. The smallest absolute Gasteiger partial charge is 0.0662 e. The van der Waals surface area contributed by atoms with E-state index >= 15 is 0 Å². The molecule has 0 amide bonds. The summed E-state index contributed by atoms with van der Waals surface area (Å²) in [5.74, 6) is 0. The zero-order valence-electron chi connectivity index (χ0n) is 13.0. The van der Waals surface area contributed by atoms with Crippen LogP contribution in [0.4, 0.5) is 0 Å². The zero-order chi connectivity index (χ0) is 14.1. The largest absolute Gasteiger partial charge is 0.380 e. The van der Waals surface area contributed by atoms with Crippen molar-refractivity contribution in [2.45, 2.75) is 53.5 Å². The molecule has 0 radical (unpaired) electrons. The first kappa shape index (κ1) is 16.2. The van der Waals surface area contributed by atoms with Gasteiger partial charge >= 0.3 is 0 Å². The first-order valence-corrected chi connectivity index (χ1v) is 7.52. The number of likely N-dealkylation sites (N-methyl/N-ethyl adjacent to an activating group) is 1. The Labute approximate surface area is 117 Å². The summed E-state index contributed by atoms with van der Waals surface area (Å²) in [6.07, 6.45) is 3.39. The Bertz CT molecular complexity index is 361. The molecule has 0 bridgehead atoms. The summed E-state index contributed by atoms with van der Waals surface area (Å²) in [5.41, 5.74) is 3.83. The molecule has 0 aromatic carbocycles. The summed E-state index contributed by atoms with van der Waals surface area (Å²) in [6, 6.07) is 0. The van der Waals surface area contributed by atoms with Crippen LogP contribution in [-0.4, -0.2) is 36.1 Å². The lowest BCUT2D eigenvalue weighted by molar-refractivity contribution is 0.120. The van der Waals surface area contributed by atoms with Crippen molar-refractivity contribution in [2.24, 2.45) is 0 Å². The number of hydrogen-bond donors (Lipinski definition) is 1. The van der Waals surface area contributed by atoms with Crippen LogP contribution in [0.25, 0.3) is 0 Å². The van der Waals surface area contributed by atoms with Crippen LogP contribution in [0, 0.1) is 13.8 Å². The molecular weight excluding hydrogens is 238 g/mol. The van der Waals surface area contributed by atoms with Gasteiger partial charge < -0.3 is 10.1 Å². The monoisotopic (exact) mass is 267 g/mol. The highest BCUT2D eigenvalue weighted by Gasteiger charge is 2.10. The molecule has 1 heterocycles. The molecule has 0 aliphatic heterocycles. The second-order valence-electron chi connectivity index (χ2n) is 4.94. The van der Waals surface area contributed by atoms with E-state index in [0.29, 0.717) is 0 Å². The highest BCUT2D eigenvalue weighted by molar-refractivity contribution is 5.24. The average Bonchev–Trinajstić information content (AvgIpc) is 2.66. The van der Waals surface area contributed by atoms with Gasteiger partial charge in [0.05, 0.1) is 18.8 Å². The van der Waals surface area contributed by atoms with Crippen LogP contribution in [0.2, 0.25) is 0 Å². The highest BCUT2D eigenvalue weighted by Crippen LogP contribution is 2.13. The molecule has 4 nitrogen and oxygen atoms in total. The van der Waals surface area contributed by atoms with Gasteiger partial charge in [-0.25, -0.2) is 0 Å². The van der Waals surface area contributed by atoms with Crippen LogP contribution >= 0.6 is 0 Å². The highest BCUT2D eigenvalue weighted by atomic mass is 16.5. The van der Waals surface area contributed by atoms with Gasteiger partial charge in [-0.3, -0.25) is 4.68 Å². The maximum absolute atomic E-state index is 5.61. The summed E-state index contributed by atoms with van der Waals surface area (Å²) >= 11 is 0. The minimum atomic E-state index is 0.759. The van der Waals surface area contributed by atoms with Gasteiger partial charge in [0.25, 0.3) is 0 Å². The molecule has 0 aliphatic carbocycles. The molecule has 0 fully saturated rings. The maximum atomic E-state index is 5.61. The first-order chi connectivity index (χ1) is 9.20. The van der Waals surface area contributed by atoms with E-state index in [1.165, 1.54) is 17.7 Å². The Kier molecular flexibility index (Phi) is 7.75. The zero-order valence-corrected chi connectivity index (χ0v) is 13.0. The Balaban J connectivity index is 2.44. The van der Waals surface area contributed by atoms with Crippen molar-refractivity contribution in [3.63, 3.8) is 0 Å². The molecule has 110 valence electrons. The maximum Gasteiger partial charge on any atom is 0.0662 e. The second-order valence-corrected chi connectivity index (χ2v) is 4.94. The molecule has 1 N–H and O–H groups in total. The van der Waals surface area contributed by atoms with Crippen molar-refractivity contribution in [3.8, 4) is 0 Å². The van der Waals surface area contributed by atoms with Gasteiger partial charge in [0.15, 0.2) is 0 Å². The third-order valence-corrected chi connectivity index (χ3v) is 3.42. The van der Waals surface area contributed by atoms with E-state index in [2.05, 4.69) is 42.8 Å². The van der Waals surface area contributed by atoms with Gasteiger partial charge in [-0.05, 0) is 45.3 Å². The van der Waals surface area contributed by atoms with Gasteiger partial charge in [0.2, 0.25) is 0 Å². The lowest BCUT2D eigenvalue weighted by Gasteiger charge is -2.07. The minimum Gasteiger partial charge on any atom is -0.380 e. The lowest BCUT2D eigenvalue weighted by atomic mass is 10.1. The molecular formula is C15H29N3O. The van der Waals surface area contributed by atoms with E-state index in [-0.39, 0.29) is 0 Å². The fourth-order valence-electron chi connectivity index (χ4n) is 2.20. The molecule has 0 aliphatic rings. The van der Waals surface area contributed by atoms with Crippen molar-refractivity contribution < 1.29 is 4.74 Å². The molecule has 1 aromatic heterocycles. The quantitative estimate of drug-likeness (QED) is 0.662. The van der Waals surface area contributed by atoms with E-state index in [1.807, 2.05) is 0 Å². The van der Waals surface area contributed by atoms with Crippen LogP contribution in [-0.2, 0) is 17.7 Å².